The molecule has 0 radical (unpaired) electrons. The van der Waals surface area contributed by atoms with Gasteiger partial charge in [0.2, 0.25) is 5.96 Å². The SMILES string of the molecule is CCCCCCCC/C=C\CCCCCCCC(=O)OCCN(CCOC(=O)CCCCCCC/C=C\CCCCCCCC)C(=N)N=C(N)N. The lowest BCUT2D eigenvalue weighted by Gasteiger charge is -2.22. The molecule has 51 heavy (non-hydrogen) atoms. The van der Waals surface area contributed by atoms with Crippen LogP contribution in [0.25, 0.3) is 0 Å². The second kappa shape index (κ2) is 38.4. The van der Waals surface area contributed by atoms with Crippen molar-refractivity contribution in [1.29, 1.82) is 5.41 Å². The smallest absolute Gasteiger partial charge is 0.305 e. The van der Waals surface area contributed by atoms with Crippen LogP contribution in [0.5, 0.6) is 0 Å². The van der Waals surface area contributed by atoms with Crippen molar-refractivity contribution in [3.63, 3.8) is 0 Å². The fourth-order valence-corrected chi connectivity index (χ4v) is 5.88. The summed E-state index contributed by atoms with van der Waals surface area (Å²) in [4.78, 5) is 29.9. The minimum atomic E-state index is -0.243. The molecule has 9 heteroatoms. The van der Waals surface area contributed by atoms with E-state index in [4.69, 9.17) is 26.4 Å². The standard InChI is InChI=1S/C42H79N5O4/c1-3-5-7-9-11-13-15-17-19-21-23-25-27-29-31-33-39(48)50-37-35-47(42(45)46-41(43)44)36-38-51-40(49)34-32-30-28-26-24-22-20-18-16-14-12-10-8-6-4-2/h17-20H,3-16,21-38H2,1-2H3,(H5,43,44,45,46)/b19-17-,20-18-. The Kier molecular flexibility index (Phi) is 36.3. The van der Waals surface area contributed by atoms with E-state index in [1.807, 2.05) is 0 Å². The number of aliphatic imine (C=N–C) groups is 1. The average molecular weight is 718 g/mol. The number of ether oxygens (including phenoxy) is 2. The zero-order valence-electron chi connectivity index (χ0n) is 33.1. The van der Waals surface area contributed by atoms with Crippen LogP contribution in [0.4, 0.5) is 0 Å². The first kappa shape index (κ1) is 48.2. The number of hydrogen-bond donors (Lipinski definition) is 3. The maximum atomic E-state index is 12.2. The van der Waals surface area contributed by atoms with Crippen LogP contribution in [-0.2, 0) is 19.1 Å². The van der Waals surface area contributed by atoms with Crippen molar-refractivity contribution in [2.24, 2.45) is 16.5 Å². The van der Waals surface area contributed by atoms with Gasteiger partial charge in [-0.05, 0) is 64.2 Å². The lowest BCUT2D eigenvalue weighted by Crippen LogP contribution is -2.38. The molecular weight excluding hydrogens is 638 g/mol. The predicted molar refractivity (Wildman–Crippen MR) is 216 cm³/mol. The second-order valence-corrected chi connectivity index (χ2v) is 14.0. The highest BCUT2D eigenvalue weighted by atomic mass is 16.5. The molecule has 0 fully saturated rings. The Morgan fingerprint density at radius 3 is 1.18 bits per heavy atom. The maximum Gasteiger partial charge on any atom is 0.305 e. The summed E-state index contributed by atoms with van der Waals surface area (Å²) in [5.74, 6) is -0.872. The van der Waals surface area contributed by atoms with Gasteiger partial charge in [-0.25, -0.2) is 0 Å². The van der Waals surface area contributed by atoms with Gasteiger partial charge in [-0.15, -0.1) is 0 Å². The quantitative estimate of drug-likeness (QED) is 0.0192. The number of esters is 2. The van der Waals surface area contributed by atoms with Crippen LogP contribution in [0.1, 0.15) is 194 Å². The predicted octanol–water partition coefficient (Wildman–Crippen LogP) is 10.7. The number of nitrogens with one attached hydrogen (secondary N) is 1. The highest BCUT2D eigenvalue weighted by Crippen LogP contribution is 2.12. The largest absolute Gasteiger partial charge is 0.464 e. The summed E-state index contributed by atoms with van der Waals surface area (Å²) in [5.41, 5.74) is 10.9. The molecule has 0 aliphatic rings. The number of carbonyl (C=O) groups excluding carboxylic acids is 2. The van der Waals surface area contributed by atoms with E-state index in [1.165, 1.54) is 116 Å². The summed E-state index contributed by atoms with van der Waals surface area (Å²) >= 11 is 0. The number of unbranched alkanes of at least 4 members (excludes halogenated alkanes) is 22. The van der Waals surface area contributed by atoms with Gasteiger partial charge in [0, 0.05) is 12.8 Å². The fraction of sp³-hybridized carbons (Fsp3) is 0.810. The van der Waals surface area contributed by atoms with Crippen molar-refractivity contribution in [3.05, 3.63) is 24.3 Å². The Morgan fingerprint density at radius 2 is 0.843 bits per heavy atom. The summed E-state index contributed by atoms with van der Waals surface area (Å²) in [6.07, 6.45) is 41.6. The molecule has 0 aromatic rings. The summed E-state index contributed by atoms with van der Waals surface area (Å²) in [6.45, 7) is 5.20. The average Bonchev–Trinajstić information content (AvgIpc) is 3.10. The molecule has 296 valence electrons. The van der Waals surface area contributed by atoms with Gasteiger partial charge in [-0.1, -0.05) is 141 Å². The lowest BCUT2D eigenvalue weighted by molar-refractivity contribution is -0.144. The van der Waals surface area contributed by atoms with Crippen LogP contribution in [0.15, 0.2) is 29.3 Å². The fourth-order valence-electron chi connectivity index (χ4n) is 5.88. The van der Waals surface area contributed by atoms with E-state index in [-0.39, 0.29) is 50.2 Å². The van der Waals surface area contributed by atoms with Gasteiger partial charge in [0.1, 0.15) is 13.2 Å². The number of nitrogens with zero attached hydrogens (tertiary/aromatic N) is 2. The Hall–Kier alpha value is -2.84. The number of allylic oxidation sites excluding steroid dienone is 4. The van der Waals surface area contributed by atoms with Crippen molar-refractivity contribution in [2.45, 2.75) is 194 Å². The molecular formula is C42H79N5O4. The van der Waals surface area contributed by atoms with Crippen molar-refractivity contribution in [3.8, 4) is 0 Å². The van der Waals surface area contributed by atoms with Gasteiger partial charge >= 0.3 is 11.9 Å². The summed E-state index contributed by atoms with van der Waals surface area (Å²) in [6, 6.07) is 0. The van der Waals surface area contributed by atoms with Crippen LogP contribution >= 0.6 is 0 Å². The van der Waals surface area contributed by atoms with Crippen molar-refractivity contribution in [2.75, 3.05) is 26.3 Å². The molecule has 0 amide bonds. The van der Waals surface area contributed by atoms with E-state index >= 15 is 0 Å². The molecule has 0 bridgehead atoms. The van der Waals surface area contributed by atoms with Crippen LogP contribution in [0.2, 0.25) is 0 Å². The molecule has 0 saturated heterocycles. The van der Waals surface area contributed by atoms with Crippen molar-refractivity contribution >= 4 is 23.9 Å². The van der Waals surface area contributed by atoms with Crippen LogP contribution < -0.4 is 11.5 Å². The molecule has 0 aliphatic carbocycles. The molecule has 0 spiro atoms. The van der Waals surface area contributed by atoms with Crippen LogP contribution in [-0.4, -0.2) is 55.1 Å². The van der Waals surface area contributed by atoms with E-state index in [2.05, 4.69) is 43.1 Å². The topological polar surface area (TPSA) is 144 Å². The number of hydrogen-bond acceptors (Lipinski definition) is 5. The molecule has 0 atom stereocenters. The third-order valence-corrected chi connectivity index (χ3v) is 9.07. The molecule has 0 aromatic heterocycles. The minimum Gasteiger partial charge on any atom is -0.464 e. The van der Waals surface area contributed by atoms with E-state index in [1.54, 1.807) is 4.90 Å². The van der Waals surface area contributed by atoms with E-state index in [0.717, 1.165) is 51.4 Å². The zero-order chi connectivity index (χ0) is 37.5. The van der Waals surface area contributed by atoms with Crippen molar-refractivity contribution < 1.29 is 19.1 Å². The van der Waals surface area contributed by atoms with E-state index < -0.39 is 0 Å². The molecule has 0 rings (SSSR count). The zero-order valence-corrected chi connectivity index (χ0v) is 33.1. The van der Waals surface area contributed by atoms with E-state index in [0.29, 0.717) is 12.8 Å². The maximum absolute atomic E-state index is 12.2. The van der Waals surface area contributed by atoms with Gasteiger partial charge in [0.05, 0.1) is 13.1 Å². The van der Waals surface area contributed by atoms with Crippen LogP contribution in [0.3, 0.4) is 0 Å². The first-order chi connectivity index (χ1) is 24.9. The second-order valence-electron chi connectivity index (χ2n) is 14.0. The van der Waals surface area contributed by atoms with Gasteiger partial charge in [0.15, 0.2) is 5.96 Å². The monoisotopic (exact) mass is 718 g/mol. The van der Waals surface area contributed by atoms with Crippen molar-refractivity contribution in [1.82, 2.24) is 4.90 Å². The highest BCUT2D eigenvalue weighted by Gasteiger charge is 2.13. The molecule has 0 unspecified atom stereocenters. The highest BCUT2D eigenvalue weighted by molar-refractivity contribution is 5.91. The molecule has 5 N–H and O–H groups in total. The Bertz CT molecular complexity index is 859. The first-order valence-electron chi connectivity index (χ1n) is 20.9. The van der Waals surface area contributed by atoms with Crippen LogP contribution in [0, 0.1) is 5.41 Å². The van der Waals surface area contributed by atoms with Gasteiger partial charge < -0.3 is 25.8 Å². The normalized spacial score (nSPS) is 11.3. The lowest BCUT2D eigenvalue weighted by atomic mass is 10.1. The summed E-state index contributed by atoms with van der Waals surface area (Å²) < 4.78 is 10.8. The van der Waals surface area contributed by atoms with E-state index in [9.17, 15) is 9.59 Å². The Balaban J connectivity index is 3.94. The van der Waals surface area contributed by atoms with Gasteiger partial charge in [-0.2, -0.15) is 4.99 Å². The molecule has 0 aromatic carbocycles. The third-order valence-electron chi connectivity index (χ3n) is 9.07. The summed E-state index contributed by atoms with van der Waals surface area (Å²) in [7, 11) is 0. The third kappa shape index (κ3) is 36.7. The molecule has 0 saturated carbocycles. The first-order valence-corrected chi connectivity index (χ1v) is 20.9. The Morgan fingerprint density at radius 1 is 0.529 bits per heavy atom. The number of guanidine groups is 2. The minimum absolute atomic E-state index is 0.106. The molecule has 0 heterocycles. The Labute approximate surface area is 313 Å². The van der Waals surface area contributed by atoms with Gasteiger partial charge in [0.25, 0.3) is 0 Å². The number of carbonyl (C=O) groups is 2. The van der Waals surface area contributed by atoms with Gasteiger partial charge in [-0.3, -0.25) is 15.0 Å². The summed E-state index contributed by atoms with van der Waals surface area (Å²) in [5, 5.41) is 8.19. The number of nitrogens with two attached hydrogens (primary N) is 2. The number of rotatable bonds is 36. The molecule has 0 aliphatic heterocycles. The molecule has 9 nitrogen and oxygen atoms in total.